The van der Waals surface area contributed by atoms with E-state index in [1.54, 1.807) is 6.07 Å². The molecule has 2 rings (SSSR count). The van der Waals surface area contributed by atoms with Crippen LogP contribution in [0.2, 0.25) is 0 Å². The Balaban J connectivity index is 2.10. The van der Waals surface area contributed by atoms with E-state index in [0.717, 1.165) is 44.2 Å². The van der Waals surface area contributed by atoms with Gasteiger partial charge in [-0.25, -0.2) is 4.98 Å². The van der Waals surface area contributed by atoms with E-state index >= 15 is 0 Å². The van der Waals surface area contributed by atoms with Crippen LogP contribution in [0.25, 0.3) is 0 Å². The molecule has 1 saturated carbocycles. The Hall–Kier alpha value is -0.810. The van der Waals surface area contributed by atoms with Crippen molar-refractivity contribution in [1.29, 1.82) is 0 Å². The zero-order chi connectivity index (χ0) is 13.0. The highest BCUT2D eigenvalue weighted by Gasteiger charge is 2.24. The Kier molecular flexibility index (Phi) is 4.83. The summed E-state index contributed by atoms with van der Waals surface area (Å²) in [6.07, 6.45) is 5.62. The van der Waals surface area contributed by atoms with Crippen molar-refractivity contribution in [1.82, 2.24) is 9.97 Å². The molecule has 0 radical (unpaired) electrons. The third-order valence-corrected chi connectivity index (χ3v) is 4.48. The second-order valence-corrected chi connectivity index (χ2v) is 6.03. The summed E-state index contributed by atoms with van der Waals surface area (Å²) in [5.41, 5.74) is 0.746. The second kappa shape index (κ2) is 6.38. The first-order valence-electron chi connectivity index (χ1n) is 6.64. The highest BCUT2D eigenvalue weighted by Crippen LogP contribution is 2.31. The zero-order valence-electron chi connectivity index (χ0n) is 10.7. The molecule has 18 heavy (non-hydrogen) atoms. The van der Waals surface area contributed by atoms with Gasteiger partial charge >= 0.3 is 0 Å². The fourth-order valence-electron chi connectivity index (χ4n) is 2.28. The predicted octanol–water partition coefficient (Wildman–Crippen LogP) is 2.12. The van der Waals surface area contributed by atoms with Crippen molar-refractivity contribution in [3.8, 4) is 0 Å². The van der Waals surface area contributed by atoms with Gasteiger partial charge in [0, 0.05) is 17.0 Å². The smallest absolute Gasteiger partial charge is 0.251 e. The molecular weight excluding hydrogens is 248 g/mol. The maximum atomic E-state index is 11.5. The van der Waals surface area contributed by atoms with Crippen molar-refractivity contribution in [2.45, 2.75) is 62.0 Å². The van der Waals surface area contributed by atoms with E-state index in [-0.39, 0.29) is 16.9 Å². The average Bonchev–Trinajstić information content (AvgIpc) is 2.32. The Labute approximate surface area is 111 Å². The minimum absolute atomic E-state index is 0.0961. The molecule has 1 aromatic heterocycles. The Morgan fingerprint density at radius 1 is 1.50 bits per heavy atom. The van der Waals surface area contributed by atoms with Crippen molar-refractivity contribution in [3.05, 3.63) is 22.1 Å². The molecule has 1 aromatic rings. The first-order chi connectivity index (χ1) is 8.69. The number of aromatic amines is 1. The molecule has 0 bridgehead atoms. The van der Waals surface area contributed by atoms with E-state index in [1.807, 2.05) is 0 Å². The fraction of sp³-hybridized carbons (Fsp3) is 0.692. The summed E-state index contributed by atoms with van der Waals surface area (Å²) in [7, 11) is 0. The summed E-state index contributed by atoms with van der Waals surface area (Å²) in [6.45, 7) is 2.07. The molecule has 1 heterocycles. The molecule has 0 spiro atoms. The van der Waals surface area contributed by atoms with Crippen LogP contribution >= 0.6 is 11.8 Å². The van der Waals surface area contributed by atoms with E-state index < -0.39 is 0 Å². The number of nitrogens with zero attached hydrogens (tertiary/aromatic N) is 1. The van der Waals surface area contributed by atoms with Crippen LogP contribution in [-0.2, 0) is 6.42 Å². The normalized spacial score (nSPS) is 24.1. The molecule has 0 aromatic carbocycles. The lowest BCUT2D eigenvalue weighted by molar-refractivity contribution is 0.137. The van der Waals surface area contributed by atoms with Gasteiger partial charge in [-0.15, -0.1) is 0 Å². The molecule has 1 aliphatic rings. The van der Waals surface area contributed by atoms with E-state index in [0.29, 0.717) is 5.16 Å². The predicted molar refractivity (Wildman–Crippen MR) is 73.0 cm³/mol. The van der Waals surface area contributed by atoms with Gasteiger partial charge in [0.15, 0.2) is 5.16 Å². The molecule has 0 aliphatic heterocycles. The topological polar surface area (TPSA) is 66.0 Å². The number of hydrogen-bond donors (Lipinski definition) is 2. The van der Waals surface area contributed by atoms with E-state index in [4.69, 9.17) is 0 Å². The number of aliphatic hydroxyl groups excluding tert-OH is 1. The standard InChI is InChI=1S/C13H20N2O2S/c1-2-5-9-8-12(17)15-13(14-9)18-11-7-4-3-6-10(11)16/h8,10-11,16H,2-7H2,1H3,(H,14,15,17)/t10-,11-/m0/s1. The van der Waals surface area contributed by atoms with Crippen LogP contribution < -0.4 is 5.56 Å². The average molecular weight is 268 g/mol. The van der Waals surface area contributed by atoms with Crippen LogP contribution in [0.15, 0.2) is 16.0 Å². The second-order valence-electron chi connectivity index (χ2n) is 4.80. The van der Waals surface area contributed by atoms with Gasteiger partial charge in [-0.2, -0.15) is 0 Å². The number of hydrogen-bond acceptors (Lipinski definition) is 4. The van der Waals surface area contributed by atoms with Crippen molar-refractivity contribution in [3.63, 3.8) is 0 Å². The molecule has 0 amide bonds. The van der Waals surface area contributed by atoms with Crippen molar-refractivity contribution in [2.75, 3.05) is 0 Å². The van der Waals surface area contributed by atoms with E-state index in [2.05, 4.69) is 16.9 Å². The maximum Gasteiger partial charge on any atom is 0.251 e. The van der Waals surface area contributed by atoms with Crippen LogP contribution in [0.1, 0.15) is 44.7 Å². The minimum atomic E-state index is -0.274. The first kappa shape index (κ1) is 13.6. The number of aliphatic hydroxyl groups is 1. The van der Waals surface area contributed by atoms with Crippen LogP contribution in [0.4, 0.5) is 0 Å². The lowest BCUT2D eigenvalue weighted by Gasteiger charge is -2.26. The highest BCUT2D eigenvalue weighted by atomic mass is 32.2. The molecule has 5 heteroatoms. The number of thioether (sulfide) groups is 1. The zero-order valence-corrected chi connectivity index (χ0v) is 11.5. The van der Waals surface area contributed by atoms with Crippen LogP contribution in [-0.4, -0.2) is 26.4 Å². The van der Waals surface area contributed by atoms with Gasteiger partial charge in [0.05, 0.1) is 6.10 Å². The van der Waals surface area contributed by atoms with Crippen LogP contribution in [0, 0.1) is 0 Å². The quantitative estimate of drug-likeness (QED) is 0.821. The molecule has 100 valence electrons. The third-order valence-electron chi connectivity index (χ3n) is 3.21. The lowest BCUT2D eigenvalue weighted by atomic mass is 9.97. The summed E-state index contributed by atoms with van der Waals surface area (Å²) in [5, 5.41) is 10.7. The number of H-pyrrole nitrogens is 1. The van der Waals surface area contributed by atoms with Crippen LogP contribution in [0.5, 0.6) is 0 Å². The largest absolute Gasteiger partial charge is 0.392 e. The molecule has 2 atom stereocenters. The van der Waals surface area contributed by atoms with Crippen LogP contribution in [0.3, 0.4) is 0 Å². The number of aryl methyl sites for hydroxylation is 1. The molecule has 1 aliphatic carbocycles. The molecule has 0 unspecified atom stereocenters. The first-order valence-corrected chi connectivity index (χ1v) is 7.52. The van der Waals surface area contributed by atoms with Gasteiger partial charge < -0.3 is 10.1 Å². The summed E-state index contributed by atoms with van der Waals surface area (Å²) in [5.74, 6) is 0. The summed E-state index contributed by atoms with van der Waals surface area (Å²) < 4.78 is 0. The molecule has 4 nitrogen and oxygen atoms in total. The van der Waals surface area contributed by atoms with Crippen molar-refractivity contribution < 1.29 is 5.11 Å². The van der Waals surface area contributed by atoms with Gasteiger partial charge in [-0.3, -0.25) is 4.79 Å². The van der Waals surface area contributed by atoms with Gasteiger partial charge in [-0.1, -0.05) is 37.9 Å². The monoisotopic (exact) mass is 268 g/mol. The number of aromatic nitrogens is 2. The van der Waals surface area contributed by atoms with E-state index in [9.17, 15) is 9.90 Å². The lowest BCUT2D eigenvalue weighted by Crippen LogP contribution is -2.27. The number of nitrogens with one attached hydrogen (secondary N) is 1. The molecule has 2 N–H and O–H groups in total. The van der Waals surface area contributed by atoms with Gasteiger partial charge in [0.2, 0.25) is 0 Å². The van der Waals surface area contributed by atoms with Gasteiger partial charge in [0.1, 0.15) is 0 Å². The maximum absolute atomic E-state index is 11.5. The number of rotatable bonds is 4. The van der Waals surface area contributed by atoms with Gasteiger partial charge in [-0.05, 0) is 19.3 Å². The SMILES string of the molecule is CCCc1cc(=O)[nH]c(S[C@H]2CCCC[C@@H]2O)n1. The molecule has 0 saturated heterocycles. The van der Waals surface area contributed by atoms with Gasteiger partial charge in [0.25, 0.3) is 5.56 Å². The third kappa shape index (κ3) is 3.59. The summed E-state index contributed by atoms with van der Waals surface area (Å²) in [4.78, 5) is 18.7. The van der Waals surface area contributed by atoms with Crippen molar-refractivity contribution >= 4 is 11.8 Å². The minimum Gasteiger partial charge on any atom is -0.392 e. The molecular formula is C13H20N2O2S. The Morgan fingerprint density at radius 2 is 2.28 bits per heavy atom. The Morgan fingerprint density at radius 3 is 3.00 bits per heavy atom. The Bertz CT molecular complexity index is 447. The summed E-state index contributed by atoms with van der Waals surface area (Å²) in [6, 6.07) is 1.56. The highest BCUT2D eigenvalue weighted by molar-refractivity contribution is 7.99. The van der Waals surface area contributed by atoms with Crippen molar-refractivity contribution in [2.24, 2.45) is 0 Å². The van der Waals surface area contributed by atoms with E-state index in [1.165, 1.54) is 11.8 Å². The fourth-order valence-corrected chi connectivity index (χ4v) is 3.48. The molecule has 1 fully saturated rings. The summed E-state index contributed by atoms with van der Waals surface area (Å²) >= 11 is 1.51.